The molecule has 1 N–H and O–H groups in total. The number of terminal acetylenes is 1. The maximum Gasteiger partial charge on any atom is 0.338 e. The number of carbonyl (C=O) groups excluding carboxylic acids is 2. The standard InChI is InChI=1S/C23H22O6/c1-4-23(14-27-21(25)17-9-5-15(2)6-10-17)19(13-20(24)29-23)28-22(26)18-11-7-16(3)8-12-18/h1,5-12,19-20,24H,13-14H2,2-3H3/t19-,20?,23+/m0/s1/i20D. The van der Waals surface area contributed by atoms with Crippen LogP contribution in [0, 0.1) is 26.2 Å². The van der Waals surface area contributed by atoms with Crippen LogP contribution in [-0.2, 0) is 14.2 Å². The van der Waals surface area contributed by atoms with Gasteiger partial charge in [0, 0.05) is 6.42 Å². The van der Waals surface area contributed by atoms with Gasteiger partial charge in [-0.15, -0.1) is 6.42 Å². The maximum absolute atomic E-state index is 12.5. The number of ether oxygens (including phenoxy) is 3. The maximum atomic E-state index is 12.5. The van der Waals surface area contributed by atoms with Crippen LogP contribution in [0.5, 0.6) is 0 Å². The monoisotopic (exact) mass is 395 g/mol. The van der Waals surface area contributed by atoms with Gasteiger partial charge in [0.25, 0.3) is 0 Å². The van der Waals surface area contributed by atoms with E-state index in [1.165, 1.54) is 0 Å². The Hall–Kier alpha value is -3.14. The molecule has 1 saturated heterocycles. The Morgan fingerprint density at radius 2 is 1.66 bits per heavy atom. The summed E-state index contributed by atoms with van der Waals surface area (Å²) < 4.78 is 23.9. The lowest BCUT2D eigenvalue weighted by Gasteiger charge is -2.28. The summed E-state index contributed by atoms with van der Waals surface area (Å²) in [6.45, 7) is 3.27. The molecule has 0 amide bonds. The van der Waals surface area contributed by atoms with E-state index >= 15 is 0 Å². The lowest BCUT2D eigenvalue weighted by atomic mass is 9.98. The summed E-state index contributed by atoms with van der Waals surface area (Å²) in [4.78, 5) is 24.9. The molecule has 0 saturated carbocycles. The molecular weight excluding hydrogens is 372 g/mol. The van der Waals surface area contributed by atoms with Crippen molar-refractivity contribution < 1.29 is 30.3 Å². The van der Waals surface area contributed by atoms with E-state index in [4.69, 9.17) is 22.0 Å². The van der Waals surface area contributed by atoms with Crippen molar-refractivity contribution in [3.63, 3.8) is 0 Å². The Labute approximate surface area is 170 Å². The number of benzene rings is 2. The highest BCUT2D eigenvalue weighted by Crippen LogP contribution is 2.33. The zero-order valence-electron chi connectivity index (χ0n) is 17.2. The first-order chi connectivity index (χ1) is 14.1. The number of hydrogen-bond donors (Lipinski definition) is 1. The highest BCUT2D eigenvalue weighted by Gasteiger charge is 2.51. The smallest absolute Gasteiger partial charge is 0.338 e. The van der Waals surface area contributed by atoms with Gasteiger partial charge in [-0.3, -0.25) is 0 Å². The van der Waals surface area contributed by atoms with E-state index in [1.807, 2.05) is 13.8 Å². The molecule has 1 unspecified atom stereocenters. The highest BCUT2D eigenvalue weighted by atomic mass is 16.7. The highest BCUT2D eigenvalue weighted by molar-refractivity contribution is 5.90. The summed E-state index contributed by atoms with van der Waals surface area (Å²) in [5, 5.41) is 10.1. The second-order valence-electron chi connectivity index (χ2n) is 6.94. The van der Waals surface area contributed by atoms with E-state index < -0.39 is 42.9 Å². The minimum absolute atomic E-state index is 0.281. The van der Waals surface area contributed by atoms with Gasteiger partial charge in [0.15, 0.2) is 12.4 Å². The van der Waals surface area contributed by atoms with Crippen molar-refractivity contribution in [2.45, 2.75) is 38.2 Å². The normalized spacial score (nSPS) is 26.3. The Morgan fingerprint density at radius 3 is 2.17 bits per heavy atom. The molecule has 0 spiro atoms. The molecule has 0 bridgehead atoms. The molecule has 1 fully saturated rings. The predicted molar refractivity (Wildman–Crippen MR) is 105 cm³/mol. The van der Waals surface area contributed by atoms with Crippen LogP contribution in [0.3, 0.4) is 0 Å². The van der Waals surface area contributed by atoms with E-state index in [0.717, 1.165) is 11.1 Å². The summed E-state index contributed by atoms with van der Waals surface area (Å²) in [7, 11) is 0. The fourth-order valence-electron chi connectivity index (χ4n) is 2.90. The number of rotatable bonds is 5. The average Bonchev–Trinajstić information content (AvgIpc) is 2.97. The van der Waals surface area contributed by atoms with Crippen molar-refractivity contribution >= 4 is 11.9 Å². The van der Waals surface area contributed by atoms with E-state index in [0.29, 0.717) is 5.56 Å². The Morgan fingerprint density at radius 1 is 1.14 bits per heavy atom. The lowest BCUT2D eigenvalue weighted by Crippen LogP contribution is -2.45. The van der Waals surface area contributed by atoms with Crippen LogP contribution in [0.25, 0.3) is 0 Å². The molecule has 0 aliphatic carbocycles. The van der Waals surface area contributed by atoms with Crippen LogP contribution >= 0.6 is 0 Å². The van der Waals surface area contributed by atoms with Gasteiger partial charge in [-0.05, 0) is 38.1 Å². The van der Waals surface area contributed by atoms with Crippen molar-refractivity contribution in [1.82, 2.24) is 0 Å². The molecule has 1 aliphatic rings. The molecule has 3 rings (SSSR count). The lowest BCUT2D eigenvalue weighted by molar-refractivity contribution is -0.141. The van der Waals surface area contributed by atoms with Crippen LogP contribution in [0.1, 0.15) is 39.6 Å². The van der Waals surface area contributed by atoms with Gasteiger partial charge >= 0.3 is 11.9 Å². The molecule has 6 heteroatoms. The average molecular weight is 395 g/mol. The molecular formula is C23H22O6. The summed E-state index contributed by atoms with van der Waals surface area (Å²) in [5.74, 6) is 0.964. The van der Waals surface area contributed by atoms with Crippen LogP contribution in [0.15, 0.2) is 48.5 Å². The van der Waals surface area contributed by atoms with Crippen LogP contribution in [0.4, 0.5) is 0 Å². The van der Waals surface area contributed by atoms with Gasteiger partial charge in [-0.2, -0.15) is 0 Å². The van der Waals surface area contributed by atoms with Gasteiger partial charge in [-0.25, -0.2) is 9.59 Å². The quantitative estimate of drug-likeness (QED) is 0.619. The molecule has 6 nitrogen and oxygen atoms in total. The predicted octanol–water partition coefficient (Wildman–Crippen LogP) is 2.80. The number of hydrogen-bond acceptors (Lipinski definition) is 6. The third-order valence-corrected chi connectivity index (χ3v) is 4.67. The van der Waals surface area contributed by atoms with Gasteiger partial charge in [-0.1, -0.05) is 41.3 Å². The molecule has 29 heavy (non-hydrogen) atoms. The van der Waals surface area contributed by atoms with E-state index in [9.17, 15) is 14.7 Å². The number of esters is 2. The molecule has 1 heterocycles. The number of aliphatic hydroxyl groups is 1. The number of aryl methyl sites for hydroxylation is 2. The molecule has 0 aromatic heterocycles. The van der Waals surface area contributed by atoms with Crippen LogP contribution in [-0.4, -0.2) is 41.6 Å². The van der Waals surface area contributed by atoms with E-state index in [1.54, 1.807) is 48.5 Å². The largest absolute Gasteiger partial charge is 0.458 e. The van der Waals surface area contributed by atoms with E-state index in [-0.39, 0.29) is 5.56 Å². The summed E-state index contributed by atoms with van der Waals surface area (Å²) in [5.41, 5.74) is 0.742. The molecule has 0 radical (unpaired) electrons. The Kier molecular flexibility index (Phi) is 5.61. The fraction of sp³-hybridized carbons (Fsp3) is 0.304. The van der Waals surface area contributed by atoms with Gasteiger partial charge in [0.05, 0.1) is 12.5 Å². The van der Waals surface area contributed by atoms with Crippen molar-refractivity contribution in [2.24, 2.45) is 0 Å². The fourth-order valence-corrected chi connectivity index (χ4v) is 2.90. The number of carbonyl (C=O) groups is 2. The zero-order chi connectivity index (χ0) is 21.9. The van der Waals surface area contributed by atoms with E-state index in [2.05, 4.69) is 5.92 Å². The Balaban J connectivity index is 1.76. The summed E-state index contributed by atoms with van der Waals surface area (Å²) in [6, 6.07) is 13.4. The first kappa shape index (κ1) is 19.2. The summed E-state index contributed by atoms with van der Waals surface area (Å²) >= 11 is 0. The van der Waals surface area contributed by atoms with Gasteiger partial charge in [0.2, 0.25) is 5.60 Å². The third-order valence-electron chi connectivity index (χ3n) is 4.67. The molecule has 150 valence electrons. The topological polar surface area (TPSA) is 82.1 Å². The molecule has 2 aromatic carbocycles. The SMILES string of the molecule is [2H]C1(O)C[C@H](OC(=O)c2ccc(C)cc2)[C@@](C#C)(COC(=O)c2ccc(C)cc2)O1. The third kappa shape index (κ3) is 4.65. The summed E-state index contributed by atoms with van der Waals surface area (Å²) in [6.07, 6.45) is 1.64. The van der Waals surface area contributed by atoms with Crippen molar-refractivity contribution in [1.29, 1.82) is 0 Å². The van der Waals surface area contributed by atoms with Crippen LogP contribution in [0.2, 0.25) is 0 Å². The van der Waals surface area contributed by atoms with Gasteiger partial charge in [0.1, 0.15) is 6.61 Å². The molecule has 1 aliphatic heterocycles. The van der Waals surface area contributed by atoms with Gasteiger partial charge < -0.3 is 19.3 Å². The first-order valence-corrected chi connectivity index (χ1v) is 9.06. The molecule has 2 aromatic rings. The second-order valence-corrected chi connectivity index (χ2v) is 6.94. The second kappa shape index (κ2) is 8.48. The van der Waals surface area contributed by atoms with Crippen LogP contribution < -0.4 is 0 Å². The van der Waals surface area contributed by atoms with Crippen molar-refractivity contribution in [3.05, 3.63) is 70.8 Å². The molecule has 3 atom stereocenters. The minimum atomic E-state index is -2.39. The minimum Gasteiger partial charge on any atom is -0.458 e. The van der Waals surface area contributed by atoms with Crippen molar-refractivity contribution in [2.75, 3.05) is 6.61 Å². The van der Waals surface area contributed by atoms with Crippen molar-refractivity contribution in [3.8, 4) is 12.3 Å². The zero-order valence-corrected chi connectivity index (χ0v) is 16.2. The first-order valence-electron chi connectivity index (χ1n) is 9.56. The Bertz CT molecular complexity index is 974.